The number of nitrogens with zero attached hydrogens (tertiary/aromatic N) is 4. The van der Waals surface area contributed by atoms with Crippen LogP contribution in [0.5, 0.6) is 5.75 Å². The molecule has 6 N–H and O–H groups in total. The number of phenolic OH excluding ortho intramolecular Hbond substituents is 1. The molecule has 88 heavy (non-hydrogen) atoms. The van der Waals surface area contributed by atoms with Crippen molar-refractivity contribution in [1.29, 1.82) is 0 Å². The number of alkyl halides is 17. The number of ether oxygens (including phenoxy) is 4. The third kappa shape index (κ3) is 12.6. The minimum absolute atomic E-state index is 0.0144. The number of aromatic nitrogens is 4. The molecular weight excluding hydrogens is 1280 g/mol. The number of anilines is 2. The Hall–Kier alpha value is -7.09. The lowest BCUT2D eigenvalue weighted by Gasteiger charge is -2.43. The van der Waals surface area contributed by atoms with Gasteiger partial charge in [0.15, 0.2) is 23.1 Å². The van der Waals surface area contributed by atoms with Crippen molar-refractivity contribution in [2.45, 2.75) is 111 Å². The van der Waals surface area contributed by atoms with Crippen molar-refractivity contribution >= 4 is 70.0 Å². The summed E-state index contributed by atoms with van der Waals surface area (Å²) in [5, 5.41) is 13.1. The summed E-state index contributed by atoms with van der Waals surface area (Å²) in [6, 6.07) is 1.10. The van der Waals surface area contributed by atoms with Crippen molar-refractivity contribution in [3.8, 4) is 28.2 Å². The number of rotatable bonds is 25. The number of carbonyl (C=O) groups is 3. The van der Waals surface area contributed by atoms with Gasteiger partial charge in [0.05, 0.1) is 31.5 Å². The van der Waals surface area contributed by atoms with Crippen LogP contribution in [-0.2, 0) is 49.4 Å². The summed E-state index contributed by atoms with van der Waals surface area (Å²) in [6.45, 7) is -5.89. The highest BCUT2D eigenvalue weighted by molar-refractivity contribution is 8.07. The van der Waals surface area contributed by atoms with Gasteiger partial charge in [-0.05, 0) is 66.6 Å². The average molecular weight is 1320 g/mol. The van der Waals surface area contributed by atoms with Crippen LogP contribution in [0.15, 0.2) is 76.5 Å². The molecule has 1 amide bonds. The number of aromatic hydroxyl groups is 1. The Morgan fingerprint density at radius 3 is 2.07 bits per heavy atom. The molecule has 0 radical (unpaired) electrons. The summed E-state index contributed by atoms with van der Waals surface area (Å²) in [6.07, 6.45) is -15.7. The first-order valence-corrected chi connectivity index (χ1v) is 27.4. The summed E-state index contributed by atoms with van der Waals surface area (Å²) in [4.78, 5) is 74.3. The SMILES string of the molecule is CCC1OC(n2cnc3c(N)ncnc32)C(OCCC(COC(=O)CCC(=O)Nc2ccc(-c3c4ccc(=O)cc-4oc4cc(O)ccc34)c(C(=O)OC)c2)NC(F)(F)C(F)(F)C(F)(F)C(F)(F)C(F)(F)C(F)(F)C(F)(F)C(F)(F)F)C1OP(O)(=S)OC. The quantitative estimate of drug-likeness (QED) is 0.0117. The van der Waals surface area contributed by atoms with Crippen molar-refractivity contribution in [2.24, 2.45) is 0 Å². The summed E-state index contributed by atoms with van der Waals surface area (Å²) in [5.41, 5.74) is 5.48. The number of esters is 2. The molecule has 2 aliphatic heterocycles. The van der Waals surface area contributed by atoms with Crippen LogP contribution in [0, 0.1) is 0 Å². The maximum absolute atomic E-state index is 15.7. The second kappa shape index (κ2) is 24.7. The number of nitrogen functional groups attached to an aromatic ring is 1. The fraction of sp³-hybridized carbons (Fsp3) is 0.449. The van der Waals surface area contributed by atoms with Crippen molar-refractivity contribution in [1.82, 2.24) is 24.8 Å². The molecule has 2 aromatic heterocycles. The fourth-order valence-electron chi connectivity index (χ4n) is 8.85. The van der Waals surface area contributed by atoms with E-state index in [1.165, 1.54) is 49.4 Å². The van der Waals surface area contributed by atoms with E-state index in [0.717, 1.165) is 43.6 Å². The molecule has 6 atom stereocenters. The first-order valence-electron chi connectivity index (χ1n) is 24.8. The van der Waals surface area contributed by atoms with E-state index in [4.69, 9.17) is 50.0 Å². The molecular formula is C49H43F17N7O13PS. The summed E-state index contributed by atoms with van der Waals surface area (Å²) in [7, 11) is 1.89. The molecule has 20 nitrogen and oxygen atoms in total. The molecule has 6 unspecified atom stereocenters. The van der Waals surface area contributed by atoms with Gasteiger partial charge < -0.3 is 48.9 Å². The van der Waals surface area contributed by atoms with E-state index >= 15 is 26.3 Å². The number of amides is 1. The second-order valence-corrected chi connectivity index (χ2v) is 22.0. The summed E-state index contributed by atoms with van der Waals surface area (Å²) in [5.74, 6) is -56.2. The predicted molar refractivity (Wildman–Crippen MR) is 271 cm³/mol. The number of benzene rings is 3. The molecule has 1 saturated heterocycles. The van der Waals surface area contributed by atoms with Crippen LogP contribution in [0.2, 0.25) is 0 Å². The zero-order valence-electron chi connectivity index (χ0n) is 44.5. The van der Waals surface area contributed by atoms with E-state index in [9.17, 15) is 77.5 Å². The molecule has 0 saturated carbocycles. The van der Waals surface area contributed by atoms with Gasteiger partial charge in [-0.25, -0.2) is 25.1 Å². The molecule has 7 rings (SSSR count). The minimum atomic E-state index is -8.93. The molecule has 0 bridgehead atoms. The van der Waals surface area contributed by atoms with Crippen LogP contribution < -0.4 is 21.8 Å². The zero-order valence-corrected chi connectivity index (χ0v) is 46.2. The number of carbonyl (C=O) groups excluding carboxylic acids is 3. The van der Waals surface area contributed by atoms with Gasteiger partial charge in [-0.1, -0.05) is 13.0 Å². The number of imidazole rings is 1. The third-order valence-corrected chi connectivity index (χ3v) is 15.1. The summed E-state index contributed by atoms with van der Waals surface area (Å²) < 4.78 is 282. The first-order chi connectivity index (χ1) is 40.6. The van der Waals surface area contributed by atoms with E-state index in [-0.39, 0.29) is 68.4 Å². The van der Waals surface area contributed by atoms with Gasteiger partial charge in [-0.2, -0.15) is 74.6 Å². The van der Waals surface area contributed by atoms with Gasteiger partial charge in [-0.3, -0.25) is 23.5 Å². The Morgan fingerprint density at radius 2 is 1.44 bits per heavy atom. The van der Waals surface area contributed by atoms with Crippen LogP contribution >= 0.6 is 6.72 Å². The Morgan fingerprint density at radius 1 is 0.807 bits per heavy atom. The molecule has 39 heteroatoms. The highest BCUT2D eigenvalue weighted by Crippen LogP contribution is 2.64. The van der Waals surface area contributed by atoms with Crippen LogP contribution in [0.1, 0.15) is 49.2 Å². The van der Waals surface area contributed by atoms with Crippen molar-refractivity contribution in [3.05, 3.63) is 83.0 Å². The largest absolute Gasteiger partial charge is 0.508 e. The third-order valence-electron chi connectivity index (χ3n) is 13.4. The van der Waals surface area contributed by atoms with E-state index in [1.807, 2.05) is 0 Å². The van der Waals surface area contributed by atoms with E-state index in [1.54, 1.807) is 0 Å². The lowest BCUT2D eigenvalue weighted by molar-refractivity contribution is -0.463. The highest BCUT2D eigenvalue weighted by atomic mass is 32.5. The van der Waals surface area contributed by atoms with E-state index in [2.05, 4.69) is 20.3 Å². The summed E-state index contributed by atoms with van der Waals surface area (Å²) >= 11 is 4.95. The Labute approximate surface area is 485 Å². The minimum Gasteiger partial charge on any atom is -0.508 e. The molecule has 4 aromatic rings. The highest BCUT2D eigenvalue weighted by Gasteiger charge is 2.95. The second-order valence-electron chi connectivity index (χ2n) is 19.1. The van der Waals surface area contributed by atoms with Crippen LogP contribution in [0.3, 0.4) is 0 Å². The zero-order chi connectivity index (χ0) is 65.7. The Bertz CT molecular complexity index is 3680. The van der Waals surface area contributed by atoms with Crippen molar-refractivity contribution in [3.63, 3.8) is 0 Å². The Kier molecular flexibility index (Phi) is 19.2. The maximum atomic E-state index is 15.7. The number of hydrogen-bond acceptors (Lipinski definition) is 18. The van der Waals surface area contributed by atoms with E-state index in [0.29, 0.717) is 10.7 Å². The number of halogens is 17. The predicted octanol–water partition coefficient (Wildman–Crippen LogP) is 10.00. The van der Waals surface area contributed by atoms with Gasteiger partial charge in [0.25, 0.3) is 0 Å². The molecule has 1 fully saturated rings. The maximum Gasteiger partial charge on any atom is 0.460 e. The molecule has 1 aliphatic carbocycles. The standard InChI is InChI=1S/C49H43F17N7O13PS/c1-4-29-36(86-87(79,88)81-3)37(40(85-29)73-20-70-35-38(67)68-19-69-39(35)73)82-14-13-22(72-49(65,66)47(60,61)45(56,57)43(52,53)42(50,51)44(54,55)46(58,59)48(62,63)64)18-83-33(77)12-11-32(76)71-21-5-8-25(28(15-21)41(78)80-2)34-26-9-6-23(74)16-30(26)84-31-17-24(75)7-10-27(31)34/h5-10,15-17,19-20,22,29,36-37,40,72,74H,4,11-14,18H2,1-3H3,(H,71,76)(H,79,88)(H2,67,68,69). The lowest BCUT2D eigenvalue weighted by atomic mass is 9.90. The molecule has 4 heterocycles. The smallest absolute Gasteiger partial charge is 0.460 e. The topological polar surface area (TPSA) is 271 Å². The van der Waals surface area contributed by atoms with Crippen molar-refractivity contribution in [2.75, 3.05) is 38.5 Å². The number of hydrogen-bond donors (Lipinski definition) is 5. The normalized spacial score (nSPS) is 18.6. The molecule has 2 aromatic carbocycles. The average Bonchev–Trinajstić information content (AvgIpc) is 1.08. The number of fused-ring (bicyclic) bond motifs is 3. The number of nitrogens with two attached hydrogens (primary N) is 1. The fourth-order valence-corrected chi connectivity index (χ4v) is 9.79. The Balaban J connectivity index is 1.15. The number of phenols is 1. The number of methoxy groups -OCH3 is 1. The monoisotopic (exact) mass is 1320 g/mol. The molecule has 0 spiro atoms. The molecule has 3 aliphatic rings. The van der Waals surface area contributed by atoms with Gasteiger partial charge >= 0.3 is 66.4 Å². The lowest BCUT2D eigenvalue weighted by Crippen LogP contribution is -2.76. The van der Waals surface area contributed by atoms with Gasteiger partial charge in [-0.15, -0.1) is 0 Å². The number of nitrogens with one attached hydrogen (secondary N) is 2. The van der Waals surface area contributed by atoms with Crippen LogP contribution in [0.4, 0.5) is 86.1 Å². The van der Waals surface area contributed by atoms with Crippen LogP contribution in [-0.4, -0.2) is 147 Å². The first kappa shape index (κ1) is 68.4. The molecule has 482 valence electrons. The van der Waals surface area contributed by atoms with Gasteiger partial charge in [0, 0.05) is 60.5 Å². The van der Waals surface area contributed by atoms with Gasteiger partial charge in [0.2, 0.25) is 5.91 Å². The van der Waals surface area contributed by atoms with Crippen molar-refractivity contribution < 1.29 is 131 Å². The van der Waals surface area contributed by atoms with E-state index < -0.39 is 141 Å². The van der Waals surface area contributed by atoms with Gasteiger partial charge in [0.1, 0.15) is 47.8 Å². The van der Waals surface area contributed by atoms with Crippen LogP contribution in [0.25, 0.3) is 44.6 Å².